The number of rotatable bonds is 7. The number of sulfone groups is 1. The summed E-state index contributed by atoms with van der Waals surface area (Å²) in [6.45, 7) is 7.15. The summed E-state index contributed by atoms with van der Waals surface area (Å²) in [6.07, 6.45) is -0.559. The largest absolute Gasteiger partial charge is 0.501 e. The van der Waals surface area contributed by atoms with E-state index < -0.39 is 27.4 Å². The fourth-order valence-corrected chi connectivity index (χ4v) is 4.67. The average molecular weight is 517 g/mol. The van der Waals surface area contributed by atoms with Crippen LogP contribution >= 0.6 is 0 Å². The Morgan fingerprint density at radius 3 is 2.57 bits per heavy atom. The standard InChI is InChI=1S/C23H28F4N4O3S/c1-5-34-11-8-19-17(23(25,26)27)13-28-22(29-19)31-10-9-30(14-20(31)15(2)3)16-6-7-18(24)21(12-16)35(4,32)33/h6-8,11-13,15,20H,5,9-10,14H2,1-4H3. The van der Waals surface area contributed by atoms with Crippen LogP contribution in [0.25, 0.3) is 6.08 Å². The molecule has 0 bridgehead atoms. The summed E-state index contributed by atoms with van der Waals surface area (Å²) in [5, 5.41) is 0. The van der Waals surface area contributed by atoms with Crippen molar-refractivity contribution in [1.82, 2.24) is 9.97 Å². The third-order valence-corrected chi connectivity index (χ3v) is 6.84. The summed E-state index contributed by atoms with van der Waals surface area (Å²) in [5.41, 5.74) is -0.709. The second kappa shape index (κ2) is 10.4. The monoisotopic (exact) mass is 516 g/mol. The number of piperazine rings is 1. The summed E-state index contributed by atoms with van der Waals surface area (Å²) < 4.78 is 83.4. The molecule has 0 aliphatic carbocycles. The lowest BCUT2D eigenvalue weighted by Gasteiger charge is -2.44. The molecule has 1 saturated heterocycles. The van der Waals surface area contributed by atoms with Gasteiger partial charge in [-0.1, -0.05) is 13.8 Å². The third kappa shape index (κ3) is 6.22. The molecule has 1 fully saturated rings. The predicted octanol–water partition coefficient (Wildman–Crippen LogP) is 4.40. The third-order valence-electron chi connectivity index (χ3n) is 5.72. The first kappa shape index (κ1) is 26.7. The lowest BCUT2D eigenvalue weighted by Crippen LogP contribution is -2.56. The first-order valence-corrected chi connectivity index (χ1v) is 13.0. The minimum absolute atomic E-state index is 0.0564. The van der Waals surface area contributed by atoms with Crippen LogP contribution in [0, 0.1) is 11.7 Å². The van der Waals surface area contributed by atoms with E-state index >= 15 is 0 Å². The maximum absolute atomic E-state index is 14.1. The lowest BCUT2D eigenvalue weighted by molar-refractivity contribution is -0.138. The number of alkyl halides is 3. The molecule has 1 aliphatic heterocycles. The van der Waals surface area contributed by atoms with Crippen molar-refractivity contribution in [3.05, 3.63) is 47.7 Å². The maximum Gasteiger partial charge on any atom is 0.419 e. The van der Waals surface area contributed by atoms with Crippen molar-refractivity contribution in [3.8, 4) is 0 Å². The van der Waals surface area contributed by atoms with E-state index in [-0.39, 0.29) is 28.5 Å². The van der Waals surface area contributed by atoms with Gasteiger partial charge in [-0.25, -0.2) is 22.8 Å². The number of anilines is 2. The van der Waals surface area contributed by atoms with Gasteiger partial charge in [0.1, 0.15) is 10.7 Å². The normalized spacial score (nSPS) is 17.5. The van der Waals surface area contributed by atoms with Gasteiger partial charge in [-0.3, -0.25) is 0 Å². The predicted molar refractivity (Wildman–Crippen MR) is 125 cm³/mol. The number of hydrogen-bond acceptors (Lipinski definition) is 7. The van der Waals surface area contributed by atoms with Crippen molar-refractivity contribution in [2.45, 2.75) is 37.9 Å². The molecule has 35 heavy (non-hydrogen) atoms. The molecule has 1 aromatic heterocycles. The molecule has 2 aromatic rings. The Kier molecular flexibility index (Phi) is 7.93. The summed E-state index contributed by atoms with van der Waals surface area (Å²) in [7, 11) is -3.75. The molecule has 0 saturated carbocycles. The Morgan fingerprint density at radius 2 is 1.97 bits per heavy atom. The van der Waals surface area contributed by atoms with Crippen molar-refractivity contribution in [2.75, 3.05) is 42.3 Å². The molecule has 192 valence electrons. The zero-order chi connectivity index (χ0) is 26.0. The molecule has 1 aromatic carbocycles. The number of benzene rings is 1. The van der Waals surface area contributed by atoms with Crippen molar-refractivity contribution in [2.24, 2.45) is 5.92 Å². The van der Waals surface area contributed by atoms with E-state index in [1.165, 1.54) is 24.5 Å². The van der Waals surface area contributed by atoms with Crippen molar-refractivity contribution in [3.63, 3.8) is 0 Å². The van der Waals surface area contributed by atoms with Crippen LogP contribution in [0.3, 0.4) is 0 Å². The minimum atomic E-state index is -4.62. The number of halogens is 4. The van der Waals surface area contributed by atoms with Crippen LogP contribution in [-0.4, -0.2) is 56.9 Å². The zero-order valence-electron chi connectivity index (χ0n) is 19.9. The van der Waals surface area contributed by atoms with Crippen LogP contribution in [0.15, 0.2) is 35.6 Å². The molecule has 2 heterocycles. The lowest BCUT2D eigenvalue weighted by atomic mass is 9.99. The molecule has 0 radical (unpaired) electrons. The van der Waals surface area contributed by atoms with Crippen molar-refractivity contribution < 1.29 is 30.7 Å². The molecule has 3 rings (SSSR count). The van der Waals surface area contributed by atoms with E-state index in [1.807, 2.05) is 23.6 Å². The highest BCUT2D eigenvalue weighted by Gasteiger charge is 2.36. The van der Waals surface area contributed by atoms with Gasteiger partial charge in [-0.2, -0.15) is 13.2 Å². The highest BCUT2D eigenvalue weighted by Crippen LogP contribution is 2.33. The first-order valence-electron chi connectivity index (χ1n) is 11.1. The second-order valence-electron chi connectivity index (χ2n) is 8.56. The number of nitrogens with zero attached hydrogens (tertiary/aromatic N) is 4. The fraction of sp³-hybridized carbons (Fsp3) is 0.478. The molecular weight excluding hydrogens is 488 g/mol. The average Bonchev–Trinajstić information content (AvgIpc) is 2.77. The van der Waals surface area contributed by atoms with E-state index in [2.05, 4.69) is 9.97 Å². The molecule has 1 unspecified atom stereocenters. The summed E-state index contributed by atoms with van der Waals surface area (Å²) in [6, 6.07) is 3.75. The van der Waals surface area contributed by atoms with Crippen LogP contribution in [-0.2, 0) is 20.8 Å². The van der Waals surface area contributed by atoms with Crippen LogP contribution < -0.4 is 9.80 Å². The van der Waals surface area contributed by atoms with Gasteiger partial charge in [0.2, 0.25) is 5.95 Å². The van der Waals surface area contributed by atoms with Gasteiger partial charge in [0, 0.05) is 37.8 Å². The van der Waals surface area contributed by atoms with Gasteiger partial charge in [-0.05, 0) is 37.1 Å². The van der Waals surface area contributed by atoms with Crippen molar-refractivity contribution >= 4 is 27.5 Å². The first-order chi connectivity index (χ1) is 16.3. The summed E-state index contributed by atoms with van der Waals surface area (Å²) in [4.78, 5) is 11.6. The Labute approximate surface area is 202 Å². The summed E-state index contributed by atoms with van der Waals surface area (Å²) in [5.74, 6) is -0.606. The van der Waals surface area contributed by atoms with Crippen LogP contribution in [0.5, 0.6) is 0 Å². The topological polar surface area (TPSA) is 75.6 Å². The van der Waals surface area contributed by atoms with Crippen LogP contribution in [0.1, 0.15) is 32.0 Å². The smallest absolute Gasteiger partial charge is 0.419 e. The molecular formula is C23H28F4N4O3S. The maximum atomic E-state index is 14.1. The highest BCUT2D eigenvalue weighted by atomic mass is 32.2. The number of ether oxygens (including phenoxy) is 1. The van der Waals surface area contributed by atoms with Gasteiger partial charge in [0.05, 0.1) is 30.2 Å². The van der Waals surface area contributed by atoms with E-state index in [0.29, 0.717) is 31.9 Å². The van der Waals surface area contributed by atoms with Crippen molar-refractivity contribution in [1.29, 1.82) is 0 Å². The number of aromatic nitrogens is 2. The molecule has 7 nitrogen and oxygen atoms in total. The highest BCUT2D eigenvalue weighted by molar-refractivity contribution is 7.90. The quantitative estimate of drug-likeness (QED) is 0.399. The fourth-order valence-electron chi connectivity index (χ4n) is 3.91. The van der Waals surface area contributed by atoms with Gasteiger partial charge in [-0.15, -0.1) is 0 Å². The molecule has 0 spiro atoms. The Balaban J connectivity index is 1.94. The van der Waals surface area contributed by atoms with E-state index in [0.717, 1.165) is 18.5 Å². The van der Waals surface area contributed by atoms with E-state index in [4.69, 9.17) is 4.74 Å². The number of hydrogen-bond donors (Lipinski definition) is 0. The molecule has 12 heteroatoms. The van der Waals surface area contributed by atoms with Gasteiger partial charge < -0.3 is 14.5 Å². The summed E-state index contributed by atoms with van der Waals surface area (Å²) >= 11 is 0. The van der Waals surface area contributed by atoms with Crippen LogP contribution in [0.2, 0.25) is 0 Å². The van der Waals surface area contributed by atoms with Crippen LogP contribution in [0.4, 0.5) is 29.2 Å². The minimum Gasteiger partial charge on any atom is -0.501 e. The van der Waals surface area contributed by atoms with Gasteiger partial charge >= 0.3 is 6.18 Å². The molecule has 0 N–H and O–H groups in total. The SMILES string of the molecule is CCOC=Cc1nc(N2CCN(c3ccc(F)c(S(C)(=O)=O)c3)CC2C(C)C)ncc1C(F)(F)F. The molecule has 1 atom stereocenters. The van der Waals surface area contributed by atoms with E-state index in [9.17, 15) is 26.0 Å². The Hall–Kier alpha value is -2.89. The zero-order valence-corrected chi connectivity index (χ0v) is 20.7. The Morgan fingerprint density at radius 1 is 1.26 bits per heavy atom. The molecule has 1 aliphatic rings. The molecule has 0 amide bonds. The second-order valence-corrected chi connectivity index (χ2v) is 10.5. The van der Waals surface area contributed by atoms with Gasteiger partial charge in [0.15, 0.2) is 9.84 Å². The Bertz CT molecular complexity index is 1190. The van der Waals surface area contributed by atoms with E-state index in [1.54, 1.807) is 6.92 Å². The van der Waals surface area contributed by atoms with Gasteiger partial charge in [0.25, 0.3) is 0 Å².